The number of hydrogen-bond acceptors (Lipinski definition) is 35. The molecule has 6 saturated heterocycles. The zero-order valence-corrected chi connectivity index (χ0v) is 92.7. The lowest BCUT2D eigenvalue weighted by atomic mass is 9.97. The van der Waals surface area contributed by atoms with Crippen molar-refractivity contribution < 1.29 is 101 Å². The van der Waals surface area contributed by atoms with Crippen molar-refractivity contribution >= 4 is 40.3 Å². The zero-order valence-electron chi connectivity index (χ0n) is 88.2. The third-order valence-electron chi connectivity index (χ3n) is 26.1. The molecule has 22 atom stereocenters. The van der Waals surface area contributed by atoms with Gasteiger partial charge in [0.2, 0.25) is 26.2 Å². The van der Waals surface area contributed by atoms with Gasteiger partial charge in [-0.1, -0.05) is 41.5 Å². The summed E-state index contributed by atoms with van der Waals surface area (Å²) >= 11 is 0. The first kappa shape index (κ1) is 121. The molecule has 0 bridgehead atoms. The Labute approximate surface area is 861 Å². The van der Waals surface area contributed by atoms with Gasteiger partial charge in [0.1, 0.15) is 98.9 Å². The van der Waals surface area contributed by atoms with Crippen LogP contribution in [0.1, 0.15) is 239 Å². The van der Waals surface area contributed by atoms with Crippen LogP contribution in [-0.2, 0) is 96.3 Å². The number of H-pyrrole nitrogens is 6. The van der Waals surface area contributed by atoms with Gasteiger partial charge in [-0.3, -0.25) is 127 Å². The van der Waals surface area contributed by atoms with Gasteiger partial charge in [0.05, 0.1) is 54.9 Å². The van der Waals surface area contributed by atoms with E-state index in [-0.39, 0.29) is 119 Å². The second kappa shape index (κ2) is 50.6. The fourth-order valence-electron chi connectivity index (χ4n) is 17.7. The topological polar surface area (TPSA) is 587 Å². The molecular formula is C93H139N17O34P4Si. The summed E-state index contributed by atoms with van der Waals surface area (Å²) in [7, 11) is -17.9. The third kappa shape index (κ3) is 30.2. The van der Waals surface area contributed by atoms with Crippen LogP contribution in [0, 0.1) is 67.8 Å². The van der Waals surface area contributed by atoms with Crippen LogP contribution in [-0.4, -0.2) is 230 Å². The second-order valence-electron chi connectivity index (χ2n) is 40.6. The standard InChI is InChI=1S/C35H53N7O12P2.C32H50N5O11PSi.C26H36N5O11P/c1-12-25-26(17-28(50-25)40-19-23(6)31(43)38-33(40)45)53-56(47,49-16-14-37-11)54-35(8,9)30-27(18-29(51-30)41-20-24(7)32(44)39-34(41)46)52-55(48-15-13-36-10)42(21(2)3)22(4)5;1-12-21-22(15-24(44-21)36-17-19(2)27(38)34-29(36)40)46-49(42,43-14-13-33-9)48-32(7,8)26-23(47-50(10,11)31(4,5)6)16-25(45-26)37-18-20(3)28(39)35-30(37)41;1-7-17-18(11-20(39-17)31-13-15(3)23(34)29-25(31)36)41-43(37,38-9-8-27-6)42-26(4,5)21-16(32)10-19(40-21)30-12-14(2)22(33)28-24(30)35/h19-22,25-30H,12-18H2,1-9H3,(H,38,43,45)(H,39,44,46);17-18,21-26H,12-16H2,1-8,10-11H3,(H,34,38,40)(H,35,39,41);12-13,16-21,32H,7-11H2,1-5H3,(H,28,33,35)(H,29,34,36)/t25-,26?,27?,28-,29-,30+,55?,56?;21-,22?,23?,24-,25-,26+,49?;16?,17-,18?,19-,20-,21+,43?/m111/s1. The predicted molar refractivity (Wildman–Crippen MR) is 543 cm³/mol. The summed E-state index contributed by atoms with van der Waals surface area (Å²) in [6.45, 7) is 70.5. The van der Waals surface area contributed by atoms with Crippen LogP contribution in [0.4, 0.5) is 0 Å². The van der Waals surface area contributed by atoms with E-state index in [4.69, 9.17) is 109 Å². The maximum atomic E-state index is 14.8. The van der Waals surface area contributed by atoms with E-state index in [0.717, 1.165) is 4.57 Å². The number of rotatable bonds is 43. The fourth-order valence-corrected chi connectivity index (χ4v) is 25.8. The smallest absolute Gasteiger partial charge is 0.411 e. The first-order chi connectivity index (χ1) is 69.6. The van der Waals surface area contributed by atoms with E-state index in [2.05, 4.69) is 83.1 Å². The Bertz CT molecular complexity index is 6820. The summed E-state index contributed by atoms with van der Waals surface area (Å²) in [6, 6.07) is -0.0765. The summed E-state index contributed by atoms with van der Waals surface area (Å²) in [4.78, 5) is 175. The molecule has 149 heavy (non-hydrogen) atoms. The van der Waals surface area contributed by atoms with Crippen molar-refractivity contribution in [1.82, 2.24) is 62.0 Å². The third-order valence-corrected chi connectivity index (χ3v) is 37.9. The molecule has 6 aliphatic heterocycles. The molecule has 0 spiro atoms. The Hall–Kier alpha value is -9.42. The number of nitrogens with zero attached hydrogens (tertiary/aromatic N) is 11. The van der Waals surface area contributed by atoms with Gasteiger partial charge < -0.3 is 66.4 Å². The molecule has 6 aromatic rings. The Morgan fingerprint density at radius 2 is 0.638 bits per heavy atom. The molecule has 6 fully saturated rings. The van der Waals surface area contributed by atoms with Crippen LogP contribution in [0.25, 0.3) is 19.4 Å². The van der Waals surface area contributed by atoms with Crippen LogP contribution >= 0.6 is 32.0 Å². The number of hydrogen-bond donors (Lipinski definition) is 7. The maximum Gasteiger partial charge on any atom is 0.476 e. The highest BCUT2D eigenvalue weighted by atomic mass is 31.2. The normalized spacial score (nSPS) is 25.7. The SMILES string of the molecule is [C-]#[N+]CCOP(=O)(OC1C[C@H](n2cc(C)c(=O)[nH]c2=O)O[C@@H]1CC)OC(C)(C)[C@H]1O[C@@H](n2cc(C)c(=O)[nH]c2=O)CC1O.[C-]#[N+]CCOP(=O)(OC1C[C@H](n2cc(C)c(=O)[nH]c2=O)O[C@@H]1CC)OC(C)(C)[C@H]1O[C@@H](n2cc(C)c(=O)[nH]c2=O)CC1O[Si](C)(C)C(C)(C)C.[C-]#[N+]CCOP(OC1C[C@H](n2cc(C)c(=O)[nH]c2=O)O[C@@H]1C(C)(C)OP(=O)(OCC[N+]#[C-])OC1C[C@H](n2cc(C)c(=O)[nH]c2=O)O[C@@H]1CC)N(C(C)C)C(C)C. The Morgan fingerprint density at radius 1 is 0.396 bits per heavy atom. The van der Waals surface area contributed by atoms with Crippen LogP contribution in [0.3, 0.4) is 0 Å². The summed E-state index contributed by atoms with van der Waals surface area (Å²) in [6.07, 6.45) is -5.72. The van der Waals surface area contributed by atoms with Crippen LogP contribution in [0.5, 0.6) is 0 Å². The number of aliphatic hydroxyl groups excluding tert-OH is 1. The number of nitrogens with one attached hydrogen (secondary N) is 6. The van der Waals surface area contributed by atoms with Crippen molar-refractivity contribution in [2.45, 2.75) is 368 Å². The molecule has 0 aliphatic carbocycles. The number of aryl methyl sites for hydroxylation is 6. The zero-order chi connectivity index (χ0) is 111. The van der Waals surface area contributed by atoms with E-state index in [0.29, 0.717) is 41.5 Å². The molecule has 6 aliphatic rings. The minimum absolute atomic E-state index is 0.0318. The Balaban J connectivity index is 0.000000230. The van der Waals surface area contributed by atoms with Crippen molar-refractivity contribution in [3.8, 4) is 0 Å². The highest BCUT2D eigenvalue weighted by Crippen LogP contribution is 2.62. The first-order valence-electron chi connectivity index (χ1n) is 49.0. The molecule has 824 valence electrons. The van der Waals surface area contributed by atoms with E-state index in [1.165, 1.54) is 80.8 Å². The fraction of sp³-hybridized carbons (Fsp3) is 0.699. The van der Waals surface area contributed by atoms with Crippen molar-refractivity contribution in [2.24, 2.45) is 0 Å². The van der Waals surface area contributed by atoms with Crippen LogP contribution in [0.15, 0.2) is 94.7 Å². The highest BCUT2D eigenvalue weighted by Gasteiger charge is 2.58. The van der Waals surface area contributed by atoms with Gasteiger partial charge in [-0.25, -0.2) is 73.4 Å². The number of phosphoric ester groups is 3. The van der Waals surface area contributed by atoms with Crippen molar-refractivity contribution in [3.05, 3.63) is 241 Å². The maximum absolute atomic E-state index is 14.8. The highest BCUT2D eigenvalue weighted by molar-refractivity contribution is 7.49. The molecule has 7 N–H and O–H groups in total. The molecule has 0 radical (unpaired) electrons. The van der Waals surface area contributed by atoms with E-state index in [9.17, 15) is 76.3 Å². The number of phosphoric acid groups is 3. The Morgan fingerprint density at radius 3 is 0.906 bits per heavy atom. The summed E-state index contributed by atoms with van der Waals surface area (Å²) in [5, 5.41) is 10.7. The van der Waals surface area contributed by atoms with Crippen LogP contribution < -0.4 is 67.5 Å². The molecule has 0 saturated carbocycles. The first-order valence-corrected chi connectivity index (χ1v) is 57.4. The van der Waals surface area contributed by atoms with Gasteiger partial charge >= 0.3 is 57.6 Å². The molecule has 12 rings (SSSR count). The van der Waals surface area contributed by atoms with Gasteiger partial charge in [0, 0.05) is 121 Å². The number of aliphatic hydroxyl groups is 1. The number of aromatic nitrogens is 12. The van der Waals surface area contributed by atoms with E-state index < -0.39 is 235 Å². The minimum Gasteiger partial charge on any atom is -0.411 e. The molecule has 51 nitrogen and oxygen atoms in total. The molecule has 12 heterocycles. The largest absolute Gasteiger partial charge is 0.476 e. The average molecular weight is 2190 g/mol. The van der Waals surface area contributed by atoms with E-state index >= 15 is 0 Å². The van der Waals surface area contributed by atoms with Gasteiger partial charge in [0.15, 0.2) is 8.32 Å². The lowest BCUT2D eigenvalue weighted by molar-refractivity contribution is -0.125. The van der Waals surface area contributed by atoms with Crippen molar-refractivity contribution in [2.75, 3.05) is 52.6 Å². The summed E-state index contributed by atoms with van der Waals surface area (Å²) < 4.78 is 164. The molecule has 56 heteroatoms. The van der Waals surface area contributed by atoms with E-state index in [1.807, 2.05) is 53.1 Å². The lowest BCUT2D eigenvalue weighted by Gasteiger charge is -2.42. The molecule has 6 aromatic heterocycles. The summed E-state index contributed by atoms with van der Waals surface area (Å²) in [5.41, 5.74) is -9.98. The van der Waals surface area contributed by atoms with Gasteiger partial charge in [0.25, 0.3) is 41.9 Å². The van der Waals surface area contributed by atoms with Gasteiger partial charge in [-0.15, -0.1) is 0 Å². The monoisotopic (exact) mass is 2190 g/mol. The van der Waals surface area contributed by atoms with Gasteiger partial charge in [-0.2, -0.15) is 0 Å². The van der Waals surface area contributed by atoms with Crippen molar-refractivity contribution in [1.29, 1.82) is 0 Å². The molecular weight excluding hydrogens is 2050 g/mol. The quantitative estimate of drug-likeness (QED) is 0.00809. The molecule has 10 unspecified atom stereocenters. The lowest BCUT2D eigenvalue weighted by Crippen LogP contribution is -2.51. The second-order valence-corrected chi connectivity index (χ2v) is 51.4. The molecule has 0 amide bonds. The minimum atomic E-state index is -4.61. The number of ether oxygens (including phenoxy) is 6. The van der Waals surface area contributed by atoms with Crippen LogP contribution in [0.2, 0.25) is 18.1 Å². The van der Waals surface area contributed by atoms with Crippen molar-refractivity contribution in [3.63, 3.8) is 0 Å². The Kier molecular flexibility index (Phi) is 41.3. The van der Waals surface area contributed by atoms with Gasteiger partial charge in [-0.05, 0) is 148 Å². The average Bonchev–Trinajstić information content (AvgIpc) is 1.62. The number of aromatic amines is 6. The molecule has 0 aromatic carbocycles. The van der Waals surface area contributed by atoms with E-state index in [1.54, 1.807) is 62.3 Å². The summed E-state index contributed by atoms with van der Waals surface area (Å²) in [5.74, 6) is 0. The predicted octanol–water partition coefficient (Wildman–Crippen LogP) is 10.2.